The third-order valence-corrected chi connectivity index (χ3v) is 3.60. The molecular weight excluding hydrogens is 348 g/mol. The summed E-state index contributed by atoms with van der Waals surface area (Å²) in [4.78, 5) is 4.36. The van der Waals surface area contributed by atoms with Crippen LogP contribution >= 0.6 is 0 Å². The minimum absolute atomic E-state index is 0.194. The normalized spacial score (nSPS) is 11.4. The maximum absolute atomic E-state index is 13.1. The van der Waals surface area contributed by atoms with Crippen LogP contribution in [0.1, 0.15) is 12.5 Å². The van der Waals surface area contributed by atoms with E-state index in [4.69, 9.17) is 0 Å². The van der Waals surface area contributed by atoms with Crippen molar-refractivity contribution in [2.24, 2.45) is 0 Å². The summed E-state index contributed by atoms with van der Waals surface area (Å²) in [5, 5.41) is 11.0. The van der Waals surface area contributed by atoms with E-state index in [1.807, 2.05) is 6.92 Å². The summed E-state index contributed by atoms with van der Waals surface area (Å²) < 4.78 is 52.1. The van der Waals surface area contributed by atoms with Gasteiger partial charge in [-0.25, -0.2) is 9.37 Å². The van der Waals surface area contributed by atoms with E-state index in [0.717, 1.165) is 12.1 Å². The highest BCUT2D eigenvalue weighted by molar-refractivity contribution is 5.73. The Kier molecular flexibility index (Phi) is 4.83. The lowest BCUT2D eigenvalue weighted by Gasteiger charge is -2.12. The SMILES string of the molecule is CCNc1nnc(-c2ccc(F)cc2)nc1-c1cccc(C(F)(F)F)c1. The van der Waals surface area contributed by atoms with Gasteiger partial charge in [0.25, 0.3) is 0 Å². The van der Waals surface area contributed by atoms with E-state index >= 15 is 0 Å². The molecule has 0 atom stereocenters. The van der Waals surface area contributed by atoms with Crippen molar-refractivity contribution in [3.8, 4) is 22.6 Å². The predicted molar refractivity (Wildman–Crippen MR) is 89.8 cm³/mol. The summed E-state index contributed by atoms with van der Waals surface area (Å²) >= 11 is 0. The molecule has 1 N–H and O–H groups in total. The van der Waals surface area contributed by atoms with Gasteiger partial charge in [0, 0.05) is 17.7 Å². The van der Waals surface area contributed by atoms with Crippen LogP contribution in [0.15, 0.2) is 48.5 Å². The van der Waals surface area contributed by atoms with Crippen molar-refractivity contribution < 1.29 is 17.6 Å². The lowest BCUT2D eigenvalue weighted by molar-refractivity contribution is -0.137. The Balaban J connectivity index is 2.12. The highest BCUT2D eigenvalue weighted by Gasteiger charge is 2.30. The topological polar surface area (TPSA) is 50.7 Å². The predicted octanol–water partition coefficient (Wildman–Crippen LogP) is 4.80. The molecule has 0 aliphatic carbocycles. The molecule has 4 nitrogen and oxygen atoms in total. The zero-order valence-electron chi connectivity index (χ0n) is 13.7. The molecule has 134 valence electrons. The molecule has 0 saturated heterocycles. The van der Waals surface area contributed by atoms with Crippen LogP contribution in [0.5, 0.6) is 0 Å². The highest BCUT2D eigenvalue weighted by atomic mass is 19.4. The van der Waals surface area contributed by atoms with Crippen LogP contribution in [0.2, 0.25) is 0 Å². The van der Waals surface area contributed by atoms with Crippen molar-refractivity contribution >= 4 is 5.82 Å². The first-order chi connectivity index (χ1) is 12.4. The Labute approximate surface area is 146 Å². The largest absolute Gasteiger partial charge is 0.416 e. The Morgan fingerprint density at radius 2 is 1.69 bits per heavy atom. The van der Waals surface area contributed by atoms with Gasteiger partial charge in [-0.15, -0.1) is 10.2 Å². The standard InChI is InChI=1S/C18H14F4N4/c1-2-23-17-15(12-4-3-5-13(10-12)18(20,21)22)24-16(25-26-17)11-6-8-14(19)9-7-11/h3-10H,2H2,1H3,(H,23,26). The maximum atomic E-state index is 13.1. The quantitative estimate of drug-likeness (QED) is 0.678. The van der Waals surface area contributed by atoms with Gasteiger partial charge >= 0.3 is 6.18 Å². The minimum atomic E-state index is -4.46. The number of halogens is 4. The molecule has 0 spiro atoms. The molecule has 1 heterocycles. The molecule has 1 aromatic heterocycles. The Morgan fingerprint density at radius 1 is 0.962 bits per heavy atom. The van der Waals surface area contributed by atoms with Gasteiger partial charge in [0.05, 0.1) is 5.56 Å². The van der Waals surface area contributed by atoms with E-state index in [1.165, 1.54) is 36.4 Å². The average molecular weight is 362 g/mol. The third kappa shape index (κ3) is 3.79. The molecule has 0 bridgehead atoms. The molecular formula is C18H14F4N4. The first-order valence-electron chi connectivity index (χ1n) is 7.80. The fourth-order valence-corrected chi connectivity index (χ4v) is 2.38. The van der Waals surface area contributed by atoms with E-state index in [0.29, 0.717) is 12.1 Å². The molecule has 0 aliphatic rings. The van der Waals surface area contributed by atoms with Crippen LogP contribution in [0.3, 0.4) is 0 Å². The second-order valence-electron chi connectivity index (χ2n) is 5.45. The number of aromatic nitrogens is 3. The second kappa shape index (κ2) is 7.07. The summed E-state index contributed by atoms with van der Waals surface area (Å²) in [6.45, 7) is 2.32. The van der Waals surface area contributed by atoms with Crippen molar-refractivity contribution in [2.45, 2.75) is 13.1 Å². The molecule has 3 aromatic rings. The fraction of sp³-hybridized carbons (Fsp3) is 0.167. The number of hydrogen-bond donors (Lipinski definition) is 1. The Morgan fingerprint density at radius 3 is 2.35 bits per heavy atom. The van der Waals surface area contributed by atoms with Gasteiger partial charge in [0.15, 0.2) is 11.6 Å². The van der Waals surface area contributed by atoms with Gasteiger partial charge in [-0.2, -0.15) is 13.2 Å². The van der Waals surface area contributed by atoms with Gasteiger partial charge in [-0.05, 0) is 43.3 Å². The molecule has 26 heavy (non-hydrogen) atoms. The van der Waals surface area contributed by atoms with Crippen LogP contribution in [0, 0.1) is 5.82 Å². The number of rotatable bonds is 4. The van der Waals surface area contributed by atoms with Crippen LogP contribution < -0.4 is 5.32 Å². The van der Waals surface area contributed by atoms with E-state index in [2.05, 4.69) is 20.5 Å². The Bertz CT molecular complexity index is 908. The van der Waals surface area contributed by atoms with Crippen molar-refractivity contribution in [3.05, 3.63) is 59.9 Å². The molecule has 3 rings (SSSR count). The molecule has 0 radical (unpaired) electrons. The van der Waals surface area contributed by atoms with Gasteiger partial charge in [0.2, 0.25) is 0 Å². The smallest absolute Gasteiger partial charge is 0.367 e. The number of nitrogens with zero attached hydrogens (tertiary/aromatic N) is 3. The summed E-state index contributed by atoms with van der Waals surface area (Å²) in [6.07, 6.45) is -4.46. The van der Waals surface area contributed by atoms with Gasteiger partial charge in [-0.3, -0.25) is 0 Å². The first-order valence-corrected chi connectivity index (χ1v) is 7.80. The molecule has 0 fully saturated rings. The molecule has 0 amide bonds. The monoisotopic (exact) mass is 362 g/mol. The molecule has 0 aliphatic heterocycles. The third-order valence-electron chi connectivity index (χ3n) is 3.60. The molecule has 8 heteroatoms. The van der Waals surface area contributed by atoms with Crippen LogP contribution in [-0.2, 0) is 6.18 Å². The highest BCUT2D eigenvalue weighted by Crippen LogP contribution is 2.33. The number of anilines is 1. The summed E-state index contributed by atoms with van der Waals surface area (Å²) in [5.74, 6) is 0.0563. The number of alkyl halides is 3. The molecule has 0 saturated carbocycles. The number of benzene rings is 2. The summed E-state index contributed by atoms with van der Waals surface area (Å²) in [7, 11) is 0. The van der Waals surface area contributed by atoms with Crippen molar-refractivity contribution in [3.63, 3.8) is 0 Å². The average Bonchev–Trinajstić information content (AvgIpc) is 2.62. The molecule has 2 aromatic carbocycles. The van der Waals surface area contributed by atoms with Crippen LogP contribution in [0.4, 0.5) is 23.4 Å². The van der Waals surface area contributed by atoms with Gasteiger partial charge in [0.1, 0.15) is 11.5 Å². The molecule has 0 unspecified atom stereocenters. The van der Waals surface area contributed by atoms with Crippen LogP contribution in [0.25, 0.3) is 22.6 Å². The fourth-order valence-electron chi connectivity index (χ4n) is 2.38. The zero-order chi connectivity index (χ0) is 18.7. The van der Waals surface area contributed by atoms with Crippen LogP contribution in [-0.4, -0.2) is 21.7 Å². The van der Waals surface area contributed by atoms with E-state index in [1.54, 1.807) is 0 Å². The lowest BCUT2D eigenvalue weighted by atomic mass is 10.1. The number of hydrogen-bond acceptors (Lipinski definition) is 4. The van der Waals surface area contributed by atoms with Crippen molar-refractivity contribution in [2.75, 3.05) is 11.9 Å². The summed E-state index contributed by atoms with van der Waals surface area (Å²) in [5.41, 5.74) is 0.232. The second-order valence-corrected chi connectivity index (χ2v) is 5.45. The maximum Gasteiger partial charge on any atom is 0.416 e. The summed E-state index contributed by atoms with van der Waals surface area (Å²) in [6, 6.07) is 10.3. The number of nitrogens with one attached hydrogen (secondary N) is 1. The first kappa shape index (κ1) is 17.8. The van der Waals surface area contributed by atoms with Gasteiger partial charge in [-0.1, -0.05) is 12.1 Å². The lowest BCUT2D eigenvalue weighted by Crippen LogP contribution is -2.08. The van der Waals surface area contributed by atoms with E-state index in [-0.39, 0.29) is 22.9 Å². The zero-order valence-corrected chi connectivity index (χ0v) is 13.7. The van der Waals surface area contributed by atoms with E-state index in [9.17, 15) is 17.6 Å². The Hall–Kier alpha value is -3.03. The van der Waals surface area contributed by atoms with Gasteiger partial charge < -0.3 is 5.32 Å². The van der Waals surface area contributed by atoms with Crippen molar-refractivity contribution in [1.29, 1.82) is 0 Å². The minimum Gasteiger partial charge on any atom is -0.367 e. The van der Waals surface area contributed by atoms with Crippen molar-refractivity contribution in [1.82, 2.24) is 15.2 Å². The van der Waals surface area contributed by atoms with E-state index < -0.39 is 17.6 Å².